The van der Waals surface area contributed by atoms with E-state index in [2.05, 4.69) is 15.9 Å². The minimum absolute atomic E-state index is 0.0411. The summed E-state index contributed by atoms with van der Waals surface area (Å²) in [4.78, 5) is 1.37. The topological polar surface area (TPSA) is 73.6 Å². The molecule has 1 fully saturated rings. The van der Waals surface area contributed by atoms with Crippen molar-refractivity contribution in [3.05, 3.63) is 58.1 Å². The first-order chi connectivity index (χ1) is 13.8. The van der Waals surface area contributed by atoms with Crippen molar-refractivity contribution in [1.82, 2.24) is 9.21 Å². The van der Waals surface area contributed by atoms with Crippen molar-refractivity contribution in [3.63, 3.8) is 0 Å². The Morgan fingerprint density at radius 1 is 1.31 bits per heavy atom. The van der Waals surface area contributed by atoms with Crippen molar-refractivity contribution in [2.75, 3.05) is 20.2 Å². The number of nitrogens with zero attached hydrogens (tertiary/aromatic N) is 3. The van der Waals surface area contributed by atoms with E-state index in [0.29, 0.717) is 17.4 Å². The monoisotopic (exact) mass is 485 g/mol. The number of nitriles is 1. The number of hydrogen-bond donors (Lipinski definition) is 0. The number of ether oxygens (including phenoxy) is 1. The molecule has 0 bridgehead atoms. The van der Waals surface area contributed by atoms with Crippen LogP contribution in [-0.4, -0.2) is 43.9 Å². The maximum atomic E-state index is 14.3. The highest BCUT2D eigenvalue weighted by atomic mass is 79.9. The van der Waals surface area contributed by atoms with E-state index in [0.717, 1.165) is 16.4 Å². The molecule has 0 aliphatic carbocycles. The summed E-state index contributed by atoms with van der Waals surface area (Å²) in [5.41, 5.74) is 0.0411. The van der Waals surface area contributed by atoms with Crippen molar-refractivity contribution < 1.29 is 21.9 Å². The molecular weight excluding hydrogens is 468 g/mol. The Hall–Kier alpha value is -2.22. The van der Waals surface area contributed by atoms with Gasteiger partial charge in [-0.15, -0.1) is 0 Å². The minimum Gasteiger partial charge on any atom is -0.495 e. The molecule has 2 aromatic rings. The number of benzene rings is 2. The summed E-state index contributed by atoms with van der Waals surface area (Å²) in [5, 5.41) is 9.15. The van der Waals surface area contributed by atoms with Crippen LogP contribution in [0, 0.1) is 23.1 Å². The van der Waals surface area contributed by atoms with Gasteiger partial charge in [-0.25, -0.2) is 17.2 Å². The highest BCUT2D eigenvalue weighted by Crippen LogP contribution is 2.33. The van der Waals surface area contributed by atoms with Crippen LogP contribution in [-0.2, 0) is 16.6 Å². The quantitative estimate of drug-likeness (QED) is 0.585. The molecule has 1 heterocycles. The summed E-state index contributed by atoms with van der Waals surface area (Å²) in [6, 6.07) is 7.06. The third-order valence-corrected chi connectivity index (χ3v) is 7.18. The Morgan fingerprint density at radius 3 is 2.69 bits per heavy atom. The van der Waals surface area contributed by atoms with Crippen molar-refractivity contribution in [2.45, 2.75) is 23.9 Å². The largest absolute Gasteiger partial charge is 0.495 e. The van der Waals surface area contributed by atoms with E-state index in [1.165, 1.54) is 30.2 Å². The molecule has 0 N–H and O–H groups in total. The van der Waals surface area contributed by atoms with E-state index in [9.17, 15) is 17.2 Å². The standard InChI is InChI=1S/C19H18BrF2N3O3S/c1-28-18-5-3-14(20)8-19(18)29(26,27)25(16-6-7-24(11-16)12-23)10-13-2-4-15(21)9-17(13)22/h2-5,8-9,16H,6-7,10-11H2,1H3/t16-/m1/s1. The lowest BCUT2D eigenvalue weighted by molar-refractivity contribution is 0.308. The summed E-state index contributed by atoms with van der Waals surface area (Å²) in [6.07, 6.45) is 2.42. The van der Waals surface area contributed by atoms with Crippen molar-refractivity contribution in [2.24, 2.45) is 0 Å². The molecule has 0 spiro atoms. The normalized spacial score (nSPS) is 16.8. The maximum absolute atomic E-state index is 14.3. The zero-order chi connectivity index (χ0) is 21.2. The summed E-state index contributed by atoms with van der Waals surface area (Å²) in [5.74, 6) is -1.43. The van der Waals surface area contributed by atoms with Gasteiger partial charge < -0.3 is 9.64 Å². The van der Waals surface area contributed by atoms with Gasteiger partial charge in [-0.2, -0.15) is 9.57 Å². The Labute approximate surface area is 176 Å². The predicted octanol–water partition coefficient (Wildman–Crippen LogP) is 3.48. The zero-order valence-corrected chi connectivity index (χ0v) is 17.9. The average Bonchev–Trinajstić information content (AvgIpc) is 3.16. The maximum Gasteiger partial charge on any atom is 0.247 e. The predicted molar refractivity (Wildman–Crippen MR) is 105 cm³/mol. The molecule has 0 saturated carbocycles. The van der Waals surface area contributed by atoms with Crippen LogP contribution in [0.15, 0.2) is 45.8 Å². The molecule has 2 aromatic carbocycles. The first-order valence-corrected chi connectivity index (χ1v) is 10.9. The lowest BCUT2D eigenvalue weighted by atomic mass is 10.2. The van der Waals surface area contributed by atoms with Gasteiger partial charge in [0.15, 0.2) is 6.19 Å². The summed E-state index contributed by atoms with van der Waals surface area (Å²) in [6.45, 7) is 0.289. The van der Waals surface area contributed by atoms with Gasteiger partial charge in [0.2, 0.25) is 10.0 Å². The van der Waals surface area contributed by atoms with Gasteiger partial charge in [0, 0.05) is 41.8 Å². The van der Waals surface area contributed by atoms with Crippen LogP contribution in [0.5, 0.6) is 5.75 Å². The fourth-order valence-electron chi connectivity index (χ4n) is 3.27. The molecule has 6 nitrogen and oxygen atoms in total. The Morgan fingerprint density at radius 2 is 2.07 bits per heavy atom. The number of sulfonamides is 1. The molecule has 0 unspecified atom stereocenters. The van der Waals surface area contributed by atoms with Crippen LogP contribution in [0.3, 0.4) is 0 Å². The van der Waals surface area contributed by atoms with Crippen LogP contribution in [0.25, 0.3) is 0 Å². The molecule has 1 aliphatic heterocycles. The van der Waals surface area contributed by atoms with Crippen LogP contribution in [0.2, 0.25) is 0 Å². The Kier molecular flexibility index (Phi) is 6.41. The highest BCUT2D eigenvalue weighted by molar-refractivity contribution is 9.10. The van der Waals surface area contributed by atoms with E-state index in [1.807, 2.05) is 6.19 Å². The molecule has 0 amide bonds. The van der Waals surface area contributed by atoms with Crippen LogP contribution >= 0.6 is 15.9 Å². The Bertz CT molecular complexity index is 1060. The number of methoxy groups -OCH3 is 1. The lowest BCUT2D eigenvalue weighted by Gasteiger charge is -2.28. The summed E-state index contributed by atoms with van der Waals surface area (Å²) in [7, 11) is -2.76. The number of rotatable bonds is 6. The number of likely N-dealkylation sites (tertiary alicyclic amines) is 1. The van der Waals surface area contributed by atoms with E-state index in [4.69, 9.17) is 10.00 Å². The minimum atomic E-state index is -4.12. The molecule has 0 aromatic heterocycles. The average molecular weight is 486 g/mol. The van der Waals surface area contributed by atoms with E-state index >= 15 is 0 Å². The van der Waals surface area contributed by atoms with E-state index < -0.39 is 27.7 Å². The van der Waals surface area contributed by atoms with Crippen LogP contribution < -0.4 is 4.74 Å². The molecule has 1 aliphatic rings. The molecule has 29 heavy (non-hydrogen) atoms. The molecule has 10 heteroatoms. The van der Waals surface area contributed by atoms with Gasteiger partial charge in [-0.05, 0) is 30.7 Å². The third-order valence-electron chi connectivity index (χ3n) is 4.77. The number of hydrogen-bond acceptors (Lipinski definition) is 5. The molecule has 1 atom stereocenters. The van der Waals surface area contributed by atoms with Crippen molar-refractivity contribution in [3.8, 4) is 11.9 Å². The van der Waals surface area contributed by atoms with Crippen molar-refractivity contribution in [1.29, 1.82) is 5.26 Å². The van der Waals surface area contributed by atoms with Crippen LogP contribution in [0.1, 0.15) is 12.0 Å². The second-order valence-corrected chi connectivity index (χ2v) is 9.34. The molecule has 3 rings (SSSR count). The summed E-state index contributed by atoms with van der Waals surface area (Å²) < 4.78 is 61.6. The van der Waals surface area contributed by atoms with Gasteiger partial charge in [-0.3, -0.25) is 0 Å². The fourth-order valence-corrected chi connectivity index (χ4v) is 5.59. The Balaban J connectivity index is 2.07. The smallest absolute Gasteiger partial charge is 0.247 e. The second-order valence-electron chi connectivity index (χ2n) is 6.57. The number of halogens is 3. The molecule has 1 saturated heterocycles. The van der Waals surface area contributed by atoms with Gasteiger partial charge in [0.05, 0.1) is 7.11 Å². The van der Waals surface area contributed by atoms with Crippen molar-refractivity contribution >= 4 is 26.0 Å². The first-order valence-electron chi connectivity index (χ1n) is 8.70. The van der Waals surface area contributed by atoms with Gasteiger partial charge in [-0.1, -0.05) is 22.0 Å². The first kappa shape index (κ1) is 21.5. The van der Waals surface area contributed by atoms with Gasteiger partial charge in [0.1, 0.15) is 22.3 Å². The molecule has 154 valence electrons. The van der Waals surface area contributed by atoms with Crippen LogP contribution in [0.4, 0.5) is 8.78 Å². The summed E-state index contributed by atoms with van der Waals surface area (Å²) >= 11 is 3.27. The van der Waals surface area contributed by atoms with E-state index in [-0.39, 0.29) is 29.3 Å². The SMILES string of the molecule is COc1ccc(Br)cc1S(=O)(=O)N(Cc1ccc(F)cc1F)[C@@H]1CCN(C#N)C1. The molecule has 0 radical (unpaired) electrons. The second kappa shape index (κ2) is 8.65. The molecular formula is C19H18BrF2N3O3S. The highest BCUT2D eigenvalue weighted by Gasteiger charge is 2.37. The van der Waals surface area contributed by atoms with Gasteiger partial charge >= 0.3 is 0 Å². The zero-order valence-electron chi connectivity index (χ0n) is 15.5. The third kappa shape index (κ3) is 4.52. The fraction of sp³-hybridized carbons (Fsp3) is 0.316. The van der Waals surface area contributed by atoms with Gasteiger partial charge in [0.25, 0.3) is 0 Å². The van der Waals surface area contributed by atoms with E-state index in [1.54, 1.807) is 6.07 Å². The lowest BCUT2D eigenvalue weighted by Crippen LogP contribution is -2.41.